The normalized spacial score (nSPS) is 27.1. The number of rotatable bonds is 2. The first kappa shape index (κ1) is 19.4. The predicted molar refractivity (Wildman–Crippen MR) is 115 cm³/mol. The van der Waals surface area contributed by atoms with Crippen LogP contribution in [0.4, 0.5) is 4.79 Å². The number of aryl methyl sites for hydroxylation is 1. The van der Waals surface area contributed by atoms with Gasteiger partial charge in [0, 0.05) is 55.5 Å². The molecule has 0 bridgehead atoms. The Hall–Kier alpha value is -1.57. The Kier molecular flexibility index (Phi) is 5.08. The van der Waals surface area contributed by atoms with Gasteiger partial charge in [0.05, 0.1) is 24.4 Å². The molecular formula is C22H28BrN3O3. The zero-order chi connectivity index (χ0) is 20.1. The summed E-state index contributed by atoms with van der Waals surface area (Å²) in [5, 5.41) is 1.42. The van der Waals surface area contributed by atoms with E-state index in [0.717, 1.165) is 19.4 Å². The number of carbonyl (C=O) groups excluding carboxylic acids is 1. The number of aromatic nitrogens is 1. The van der Waals surface area contributed by atoms with Crippen molar-refractivity contribution in [3.8, 4) is 0 Å². The van der Waals surface area contributed by atoms with Gasteiger partial charge in [-0.05, 0) is 53.0 Å². The minimum absolute atomic E-state index is 0.196. The lowest BCUT2D eigenvalue weighted by Gasteiger charge is -2.45. The van der Waals surface area contributed by atoms with Gasteiger partial charge in [-0.1, -0.05) is 12.1 Å². The van der Waals surface area contributed by atoms with Crippen LogP contribution in [0.25, 0.3) is 10.9 Å². The van der Waals surface area contributed by atoms with Crippen molar-refractivity contribution in [1.82, 2.24) is 14.4 Å². The van der Waals surface area contributed by atoms with Crippen LogP contribution in [0.5, 0.6) is 0 Å². The maximum Gasteiger partial charge on any atom is 0.409 e. The number of amides is 1. The Morgan fingerprint density at radius 1 is 1.28 bits per heavy atom. The molecule has 2 saturated heterocycles. The molecule has 2 aliphatic heterocycles. The molecule has 1 aromatic carbocycles. The number of morpholine rings is 1. The second kappa shape index (κ2) is 7.60. The topological polar surface area (TPSA) is 46.9 Å². The quantitative estimate of drug-likeness (QED) is 0.687. The number of hydrogen-bond acceptors (Lipinski definition) is 4. The van der Waals surface area contributed by atoms with E-state index < -0.39 is 0 Å². The summed E-state index contributed by atoms with van der Waals surface area (Å²) in [6, 6.07) is 7.18. The van der Waals surface area contributed by atoms with Crippen LogP contribution in [0.3, 0.4) is 0 Å². The molecule has 1 aliphatic carbocycles. The summed E-state index contributed by atoms with van der Waals surface area (Å²) in [7, 11) is 4.35. The molecule has 2 fully saturated rings. The van der Waals surface area contributed by atoms with Gasteiger partial charge in [0.25, 0.3) is 0 Å². The van der Waals surface area contributed by atoms with Gasteiger partial charge in [0.15, 0.2) is 0 Å². The van der Waals surface area contributed by atoms with Gasteiger partial charge in [-0.15, -0.1) is 0 Å². The minimum atomic E-state index is -0.196. The molecule has 0 saturated carbocycles. The van der Waals surface area contributed by atoms with Crippen LogP contribution in [0, 0.1) is 5.92 Å². The molecule has 0 N–H and O–H groups in total. The van der Waals surface area contributed by atoms with E-state index in [4.69, 9.17) is 9.47 Å². The van der Waals surface area contributed by atoms with Crippen molar-refractivity contribution >= 4 is 32.9 Å². The van der Waals surface area contributed by atoms with Crippen LogP contribution in [-0.2, 0) is 22.9 Å². The average Bonchev–Trinajstić information content (AvgIpc) is 2.99. The maximum absolute atomic E-state index is 12.4. The van der Waals surface area contributed by atoms with Gasteiger partial charge < -0.3 is 23.8 Å². The van der Waals surface area contributed by atoms with Crippen LogP contribution in [-0.4, -0.2) is 73.0 Å². The molecule has 0 spiro atoms. The molecule has 156 valence electrons. The lowest BCUT2D eigenvalue weighted by molar-refractivity contribution is 0.0132. The number of fused-ring (bicyclic) bond motifs is 2. The Bertz CT molecular complexity index is 937. The van der Waals surface area contributed by atoms with E-state index in [1.165, 1.54) is 26.6 Å². The van der Waals surface area contributed by atoms with Crippen molar-refractivity contribution in [3.05, 3.63) is 33.9 Å². The van der Waals surface area contributed by atoms with E-state index >= 15 is 0 Å². The van der Waals surface area contributed by atoms with Crippen molar-refractivity contribution in [3.63, 3.8) is 0 Å². The standard InChI is InChI=1S/C22H28BrN3O3/c1-24-12-14(13-29-22(27)26-6-8-28-9-7-26)10-16-15-4-3-5-18-20(15)17(11-19(16)24)21(23)25(18)2/h3-5,14,16,19H,6-13H2,1-2H3/t14?,16-,19-/m0/s1. The van der Waals surface area contributed by atoms with Gasteiger partial charge in [-0.3, -0.25) is 0 Å². The van der Waals surface area contributed by atoms with E-state index in [1.807, 2.05) is 0 Å². The van der Waals surface area contributed by atoms with E-state index in [9.17, 15) is 4.79 Å². The highest BCUT2D eigenvalue weighted by Gasteiger charge is 2.40. The number of benzene rings is 1. The zero-order valence-corrected chi connectivity index (χ0v) is 18.7. The summed E-state index contributed by atoms with van der Waals surface area (Å²) < 4.78 is 14.5. The lowest BCUT2D eigenvalue weighted by Crippen LogP contribution is -2.49. The van der Waals surface area contributed by atoms with Crippen molar-refractivity contribution < 1.29 is 14.3 Å². The summed E-state index contributed by atoms with van der Waals surface area (Å²) in [4.78, 5) is 16.6. The summed E-state index contributed by atoms with van der Waals surface area (Å²) >= 11 is 3.82. The Balaban J connectivity index is 1.35. The van der Waals surface area contributed by atoms with Gasteiger partial charge >= 0.3 is 6.09 Å². The van der Waals surface area contributed by atoms with E-state index in [2.05, 4.69) is 57.7 Å². The third-order valence-electron chi connectivity index (χ3n) is 6.97. The van der Waals surface area contributed by atoms with Crippen molar-refractivity contribution in [1.29, 1.82) is 0 Å². The molecule has 3 atom stereocenters. The largest absolute Gasteiger partial charge is 0.449 e. The van der Waals surface area contributed by atoms with Gasteiger partial charge in [-0.2, -0.15) is 0 Å². The highest BCUT2D eigenvalue weighted by molar-refractivity contribution is 9.10. The fourth-order valence-electron chi connectivity index (χ4n) is 5.50. The molecule has 7 heteroatoms. The second-order valence-corrected chi connectivity index (χ2v) is 9.42. The first-order chi connectivity index (χ1) is 14.0. The number of nitrogens with zero attached hydrogens (tertiary/aromatic N) is 3. The third-order valence-corrected chi connectivity index (χ3v) is 7.98. The number of ether oxygens (including phenoxy) is 2. The molecule has 6 nitrogen and oxygen atoms in total. The first-order valence-electron chi connectivity index (χ1n) is 10.5. The van der Waals surface area contributed by atoms with Crippen LogP contribution < -0.4 is 0 Å². The first-order valence-corrected chi connectivity index (χ1v) is 11.3. The highest BCUT2D eigenvalue weighted by atomic mass is 79.9. The summed E-state index contributed by atoms with van der Waals surface area (Å²) in [5.41, 5.74) is 4.18. The number of piperidine rings is 1. The van der Waals surface area contributed by atoms with Crippen LogP contribution in [0.1, 0.15) is 23.5 Å². The molecule has 1 amide bonds. The Morgan fingerprint density at radius 3 is 2.86 bits per heavy atom. The van der Waals surface area contributed by atoms with E-state index in [-0.39, 0.29) is 6.09 Å². The zero-order valence-electron chi connectivity index (χ0n) is 17.1. The monoisotopic (exact) mass is 461 g/mol. The molecule has 5 rings (SSSR count). The highest BCUT2D eigenvalue weighted by Crippen LogP contribution is 2.47. The molecule has 29 heavy (non-hydrogen) atoms. The molecule has 1 aromatic heterocycles. The van der Waals surface area contributed by atoms with Gasteiger partial charge in [0.2, 0.25) is 0 Å². The van der Waals surface area contributed by atoms with Crippen LogP contribution in [0.2, 0.25) is 0 Å². The number of likely N-dealkylation sites (N-methyl/N-ethyl adjacent to an activating group) is 1. The molecule has 3 heterocycles. The number of halogens is 1. The van der Waals surface area contributed by atoms with Gasteiger partial charge in [-0.25, -0.2) is 4.79 Å². The summed E-state index contributed by atoms with van der Waals surface area (Å²) in [5.74, 6) is 0.835. The summed E-state index contributed by atoms with van der Waals surface area (Å²) in [6.07, 6.45) is 1.94. The lowest BCUT2D eigenvalue weighted by atomic mass is 9.72. The summed E-state index contributed by atoms with van der Waals surface area (Å²) in [6.45, 7) is 3.91. The fraction of sp³-hybridized carbons (Fsp3) is 0.591. The molecule has 2 aromatic rings. The van der Waals surface area contributed by atoms with Crippen molar-refractivity contribution in [2.75, 3.05) is 46.5 Å². The average molecular weight is 462 g/mol. The van der Waals surface area contributed by atoms with Crippen LogP contribution >= 0.6 is 15.9 Å². The van der Waals surface area contributed by atoms with E-state index in [1.54, 1.807) is 4.90 Å². The molecule has 1 unspecified atom stereocenters. The predicted octanol–water partition coefficient (Wildman–Crippen LogP) is 3.37. The minimum Gasteiger partial charge on any atom is -0.449 e. The Morgan fingerprint density at radius 2 is 2.07 bits per heavy atom. The number of carbonyl (C=O) groups is 1. The SMILES string of the molecule is CN1CC(COC(=O)N2CCOCC2)C[C@H]2c3cccc4c3c(c(Br)n4C)C[C@@H]21. The van der Waals surface area contributed by atoms with Crippen molar-refractivity contribution in [2.24, 2.45) is 13.0 Å². The smallest absolute Gasteiger partial charge is 0.409 e. The van der Waals surface area contributed by atoms with Crippen molar-refractivity contribution in [2.45, 2.75) is 24.8 Å². The third kappa shape index (κ3) is 3.27. The molecule has 3 aliphatic rings. The molecular weight excluding hydrogens is 434 g/mol. The van der Waals surface area contributed by atoms with Gasteiger partial charge in [0.1, 0.15) is 0 Å². The molecule has 0 radical (unpaired) electrons. The fourth-order valence-corrected chi connectivity index (χ4v) is 6.05. The number of hydrogen-bond donors (Lipinski definition) is 0. The Labute approximate surface area is 179 Å². The maximum atomic E-state index is 12.4. The number of likely N-dealkylation sites (tertiary alicyclic amines) is 1. The van der Waals surface area contributed by atoms with E-state index in [0.29, 0.717) is 50.8 Å². The second-order valence-electron chi connectivity index (χ2n) is 8.67. The van der Waals surface area contributed by atoms with Crippen LogP contribution in [0.15, 0.2) is 22.8 Å².